The van der Waals surface area contributed by atoms with Crippen molar-refractivity contribution in [3.63, 3.8) is 0 Å². The van der Waals surface area contributed by atoms with E-state index in [4.69, 9.17) is 9.84 Å². The van der Waals surface area contributed by atoms with Crippen LogP contribution in [0.15, 0.2) is 24.3 Å². The van der Waals surface area contributed by atoms with E-state index in [1.54, 1.807) is 18.2 Å². The van der Waals surface area contributed by atoms with Crippen LogP contribution in [0.3, 0.4) is 0 Å². The lowest BCUT2D eigenvalue weighted by Gasteiger charge is -2.06. The highest BCUT2D eigenvalue weighted by Crippen LogP contribution is 2.05. The molecule has 0 heterocycles. The van der Waals surface area contributed by atoms with Crippen LogP contribution in [0, 0.1) is 0 Å². The van der Waals surface area contributed by atoms with Crippen LogP contribution in [0.4, 0.5) is 0 Å². The molecule has 0 radical (unpaired) electrons. The SMILES string of the molecule is CCCOCC(=O)NCCc1cccc(C(=O)O)c1. The maximum atomic E-state index is 11.4. The largest absolute Gasteiger partial charge is 0.478 e. The lowest BCUT2D eigenvalue weighted by Crippen LogP contribution is -2.29. The molecule has 0 aliphatic heterocycles. The van der Waals surface area contributed by atoms with Gasteiger partial charge < -0.3 is 15.2 Å². The summed E-state index contributed by atoms with van der Waals surface area (Å²) in [7, 11) is 0. The van der Waals surface area contributed by atoms with Crippen LogP contribution in [0.1, 0.15) is 29.3 Å². The standard InChI is InChI=1S/C14H19NO4/c1-2-8-19-10-13(16)15-7-6-11-4-3-5-12(9-11)14(17)18/h3-5,9H,2,6-8,10H2,1H3,(H,15,16)(H,17,18). The molecule has 1 amide bonds. The summed E-state index contributed by atoms with van der Waals surface area (Å²) >= 11 is 0. The maximum absolute atomic E-state index is 11.4. The summed E-state index contributed by atoms with van der Waals surface area (Å²) in [4.78, 5) is 22.1. The zero-order valence-electron chi connectivity index (χ0n) is 11.0. The van der Waals surface area contributed by atoms with E-state index < -0.39 is 5.97 Å². The zero-order chi connectivity index (χ0) is 14.1. The van der Waals surface area contributed by atoms with E-state index in [2.05, 4.69) is 5.32 Å². The summed E-state index contributed by atoms with van der Waals surface area (Å²) in [5.74, 6) is -1.10. The molecule has 5 nitrogen and oxygen atoms in total. The van der Waals surface area contributed by atoms with Crippen LogP contribution in [0.5, 0.6) is 0 Å². The molecule has 1 aromatic carbocycles. The molecule has 0 saturated carbocycles. The van der Waals surface area contributed by atoms with Crippen molar-refractivity contribution in [2.45, 2.75) is 19.8 Å². The second kappa shape index (κ2) is 8.26. The topological polar surface area (TPSA) is 75.6 Å². The molecule has 0 unspecified atom stereocenters. The second-order valence-electron chi connectivity index (χ2n) is 4.16. The van der Waals surface area contributed by atoms with E-state index in [1.807, 2.05) is 13.0 Å². The van der Waals surface area contributed by atoms with Crippen LogP contribution in [0.25, 0.3) is 0 Å². The van der Waals surface area contributed by atoms with E-state index in [1.165, 1.54) is 0 Å². The Bertz CT molecular complexity index is 431. The van der Waals surface area contributed by atoms with Gasteiger partial charge in [0, 0.05) is 13.2 Å². The third-order valence-corrected chi connectivity index (χ3v) is 2.49. The van der Waals surface area contributed by atoms with E-state index in [9.17, 15) is 9.59 Å². The van der Waals surface area contributed by atoms with Gasteiger partial charge in [0.05, 0.1) is 5.56 Å². The molecule has 19 heavy (non-hydrogen) atoms. The first-order chi connectivity index (χ1) is 9.13. The number of rotatable bonds is 8. The third-order valence-electron chi connectivity index (χ3n) is 2.49. The molecule has 5 heteroatoms. The quantitative estimate of drug-likeness (QED) is 0.698. The van der Waals surface area contributed by atoms with Gasteiger partial charge >= 0.3 is 5.97 Å². The molecule has 0 aromatic heterocycles. The number of aromatic carboxylic acids is 1. The minimum Gasteiger partial charge on any atom is -0.478 e. The van der Waals surface area contributed by atoms with Crippen molar-refractivity contribution in [2.75, 3.05) is 19.8 Å². The number of carbonyl (C=O) groups excluding carboxylic acids is 1. The fourth-order valence-corrected chi connectivity index (χ4v) is 1.57. The summed E-state index contributed by atoms with van der Waals surface area (Å²) in [5.41, 5.74) is 1.14. The van der Waals surface area contributed by atoms with Crippen molar-refractivity contribution in [2.24, 2.45) is 0 Å². The van der Waals surface area contributed by atoms with Gasteiger partial charge in [-0.25, -0.2) is 4.79 Å². The molecular weight excluding hydrogens is 246 g/mol. The van der Waals surface area contributed by atoms with Crippen molar-refractivity contribution in [1.29, 1.82) is 0 Å². The summed E-state index contributed by atoms with van der Waals surface area (Å²) in [5, 5.41) is 11.6. The number of carbonyl (C=O) groups is 2. The number of hydrogen-bond acceptors (Lipinski definition) is 3. The van der Waals surface area contributed by atoms with Crippen LogP contribution in [-0.2, 0) is 16.0 Å². The van der Waals surface area contributed by atoms with Gasteiger partial charge in [-0.1, -0.05) is 19.1 Å². The normalized spacial score (nSPS) is 10.2. The fourth-order valence-electron chi connectivity index (χ4n) is 1.57. The molecule has 0 aliphatic rings. The van der Waals surface area contributed by atoms with Gasteiger partial charge in [-0.2, -0.15) is 0 Å². The zero-order valence-corrected chi connectivity index (χ0v) is 11.0. The average Bonchev–Trinajstić information content (AvgIpc) is 2.39. The van der Waals surface area contributed by atoms with Gasteiger partial charge in [-0.3, -0.25) is 4.79 Å². The summed E-state index contributed by atoms with van der Waals surface area (Å²) in [6, 6.07) is 6.70. The van der Waals surface area contributed by atoms with E-state index in [0.717, 1.165) is 12.0 Å². The van der Waals surface area contributed by atoms with Gasteiger partial charge in [0.1, 0.15) is 6.61 Å². The Morgan fingerprint density at radius 3 is 2.84 bits per heavy atom. The Morgan fingerprint density at radius 2 is 2.16 bits per heavy atom. The number of nitrogens with one attached hydrogen (secondary N) is 1. The average molecular weight is 265 g/mol. The number of ether oxygens (including phenoxy) is 1. The van der Waals surface area contributed by atoms with E-state index >= 15 is 0 Å². The fraction of sp³-hybridized carbons (Fsp3) is 0.429. The molecule has 0 saturated heterocycles. The molecule has 1 aromatic rings. The Kier molecular flexibility index (Phi) is 6.60. The summed E-state index contributed by atoms with van der Waals surface area (Å²) < 4.78 is 5.11. The molecule has 0 bridgehead atoms. The highest BCUT2D eigenvalue weighted by atomic mass is 16.5. The Labute approximate surface area is 112 Å². The Hall–Kier alpha value is -1.88. The molecule has 0 spiro atoms. The molecule has 104 valence electrons. The number of benzene rings is 1. The van der Waals surface area contributed by atoms with Gasteiger partial charge in [0.25, 0.3) is 0 Å². The minimum atomic E-state index is -0.946. The van der Waals surface area contributed by atoms with Crippen molar-refractivity contribution in [3.05, 3.63) is 35.4 Å². The van der Waals surface area contributed by atoms with Crippen LogP contribution >= 0.6 is 0 Å². The highest BCUT2D eigenvalue weighted by Gasteiger charge is 2.04. The molecule has 2 N–H and O–H groups in total. The molecule has 0 aliphatic carbocycles. The summed E-state index contributed by atoms with van der Waals surface area (Å²) in [6.45, 7) is 3.10. The molecule has 0 atom stereocenters. The Morgan fingerprint density at radius 1 is 1.37 bits per heavy atom. The minimum absolute atomic E-state index is 0.0724. The van der Waals surface area contributed by atoms with Crippen LogP contribution in [0.2, 0.25) is 0 Å². The number of carboxylic acids is 1. The van der Waals surface area contributed by atoms with Crippen molar-refractivity contribution in [3.8, 4) is 0 Å². The van der Waals surface area contributed by atoms with Crippen molar-refractivity contribution < 1.29 is 19.4 Å². The van der Waals surface area contributed by atoms with Gasteiger partial charge in [0.15, 0.2) is 0 Å². The number of hydrogen-bond donors (Lipinski definition) is 2. The van der Waals surface area contributed by atoms with Gasteiger partial charge in [-0.05, 0) is 30.5 Å². The van der Waals surface area contributed by atoms with E-state index in [0.29, 0.717) is 19.6 Å². The van der Waals surface area contributed by atoms with Crippen LogP contribution in [-0.4, -0.2) is 36.7 Å². The lowest BCUT2D eigenvalue weighted by molar-refractivity contribution is -0.125. The highest BCUT2D eigenvalue weighted by molar-refractivity contribution is 5.87. The number of amides is 1. The van der Waals surface area contributed by atoms with E-state index in [-0.39, 0.29) is 18.1 Å². The first kappa shape index (κ1) is 15.2. The Balaban J connectivity index is 2.31. The lowest BCUT2D eigenvalue weighted by atomic mass is 10.1. The number of carboxylic acid groups (broad SMARTS) is 1. The molecular formula is C14H19NO4. The first-order valence-electron chi connectivity index (χ1n) is 6.30. The predicted molar refractivity (Wildman–Crippen MR) is 71.2 cm³/mol. The smallest absolute Gasteiger partial charge is 0.335 e. The van der Waals surface area contributed by atoms with Crippen LogP contribution < -0.4 is 5.32 Å². The van der Waals surface area contributed by atoms with Crippen molar-refractivity contribution in [1.82, 2.24) is 5.32 Å². The molecule has 1 rings (SSSR count). The molecule has 0 fully saturated rings. The van der Waals surface area contributed by atoms with Gasteiger partial charge in [-0.15, -0.1) is 0 Å². The van der Waals surface area contributed by atoms with Crippen molar-refractivity contribution >= 4 is 11.9 Å². The monoisotopic (exact) mass is 265 g/mol. The predicted octanol–water partition coefficient (Wildman–Crippen LogP) is 1.47. The third kappa shape index (κ3) is 6.01. The first-order valence-corrected chi connectivity index (χ1v) is 6.30. The van der Waals surface area contributed by atoms with Gasteiger partial charge in [0.2, 0.25) is 5.91 Å². The second-order valence-corrected chi connectivity index (χ2v) is 4.16. The summed E-state index contributed by atoms with van der Waals surface area (Å²) in [6.07, 6.45) is 1.48. The maximum Gasteiger partial charge on any atom is 0.335 e.